The third-order valence-corrected chi connectivity index (χ3v) is 2.70. The van der Waals surface area contributed by atoms with Crippen molar-refractivity contribution in [3.05, 3.63) is 30.1 Å². The first kappa shape index (κ1) is 14.9. The maximum atomic E-state index is 8.79. The summed E-state index contributed by atoms with van der Waals surface area (Å²) in [5.74, 6) is 0. The van der Waals surface area contributed by atoms with Crippen molar-refractivity contribution in [3.8, 4) is 0 Å². The molecule has 0 atom stereocenters. The van der Waals surface area contributed by atoms with Crippen molar-refractivity contribution < 1.29 is 19.9 Å². The Labute approximate surface area is 116 Å². The number of hydrogen-bond acceptors (Lipinski definition) is 6. The Morgan fingerprint density at radius 2 is 1.90 bits per heavy atom. The van der Waals surface area contributed by atoms with Gasteiger partial charge in [0.25, 0.3) is 0 Å². The van der Waals surface area contributed by atoms with Crippen LogP contribution in [0.2, 0.25) is 0 Å². The average molecular weight is 281 g/mol. The number of aryl methyl sites for hydroxylation is 1. The Morgan fingerprint density at radius 1 is 1.20 bits per heavy atom. The lowest BCUT2D eigenvalue weighted by atomic mass is 10.2. The van der Waals surface area contributed by atoms with Crippen LogP contribution in [-0.4, -0.2) is 51.4 Å². The van der Waals surface area contributed by atoms with Crippen LogP contribution in [0.25, 0.3) is 11.0 Å². The maximum absolute atomic E-state index is 8.79. The van der Waals surface area contributed by atoms with Crippen LogP contribution in [-0.2, 0) is 16.3 Å². The molecular formula is C13H19N3O4. The van der Waals surface area contributed by atoms with Crippen LogP contribution in [0.4, 0.5) is 0 Å². The number of aliphatic hydroxyl groups is 2. The smallest absolute Gasteiger partial charge is 0.128 e. The highest BCUT2D eigenvalue weighted by atomic mass is 17.0. The van der Waals surface area contributed by atoms with Crippen molar-refractivity contribution in [1.29, 1.82) is 0 Å². The van der Waals surface area contributed by atoms with Gasteiger partial charge in [-0.3, -0.25) is 9.68 Å². The Balaban J connectivity index is 2.10. The van der Waals surface area contributed by atoms with Crippen molar-refractivity contribution in [1.82, 2.24) is 14.8 Å². The van der Waals surface area contributed by atoms with E-state index in [1.807, 2.05) is 29.7 Å². The van der Waals surface area contributed by atoms with Crippen LogP contribution in [0.3, 0.4) is 0 Å². The van der Waals surface area contributed by atoms with E-state index >= 15 is 0 Å². The highest BCUT2D eigenvalue weighted by molar-refractivity contribution is 5.75. The van der Waals surface area contributed by atoms with E-state index < -0.39 is 0 Å². The van der Waals surface area contributed by atoms with Gasteiger partial charge in [-0.1, -0.05) is 6.07 Å². The zero-order chi connectivity index (χ0) is 14.4. The molecule has 0 fully saturated rings. The van der Waals surface area contributed by atoms with E-state index in [0.29, 0.717) is 6.67 Å². The monoisotopic (exact) mass is 281 g/mol. The summed E-state index contributed by atoms with van der Waals surface area (Å²) in [5.41, 5.74) is 3.00. The van der Waals surface area contributed by atoms with E-state index in [2.05, 4.69) is 4.98 Å². The molecule has 0 saturated heterocycles. The molecule has 0 aliphatic rings. The highest BCUT2D eigenvalue weighted by Gasteiger charge is 2.10. The molecule has 1 aromatic heterocycles. The zero-order valence-electron chi connectivity index (χ0n) is 11.4. The fraction of sp³-hybridized carbons (Fsp3) is 0.462. The molecule has 0 unspecified atom stereocenters. The minimum Gasteiger partial charge on any atom is -0.394 e. The van der Waals surface area contributed by atoms with Crippen molar-refractivity contribution in [2.45, 2.75) is 13.6 Å². The minimum atomic E-state index is -0.108. The van der Waals surface area contributed by atoms with Gasteiger partial charge in [-0.2, -0.15) is 0 Å². The Bertz CT molecular complexity index is 535. The first-order valence-corrected chi connectivity index (χ1v) is 6.41. The molecule has 0 radical (unpaired) electrons. The zero-order valence-corrected chi connectivity index (χ0v) is 11.4. The average Bonchev–Trinajstić information content (AvgIpc) is 2.84. The van der Waals surface area contributed by atoms with Gasteiger partial charge in [0.05, 0.1) is 43.8 Å². The summed E-state index contributed by atoms with van der Waals surface area (Å²) in [5, 5.41) is 18.8. The van der Waals surface area contributed by atoms with Crippen LogP contribution in [0.15, 0.2) is 24.5 Å². The molecule has 110 valence electrons. The topological polar surface area (TPSA) is 80.0 Å². The normalized spacial score (nSPS) is 11.6. The molecule has 0 bridgehead atoms. The molecule has 2 rings (SSSR count). The third kappa shape index (κ3) is 3.75. The lowest BCUT2D eigenvalue weighted by Gasteiger charge is -2.20. The predicted octanol–water partition coefficient (Wildman–Crippen LogP) is 0.452. The van der Waals surface area contributed by atoms with E-state index in [1.165, 1.54) is 5.23 Å². The second-order valence-corrected chi connectivity index (χ2v) is 4.29. The molecule has 7 heteroatoms. The Morgan fingerprint density at radius 3 is 2.55 bits per heavy atom. The summed E-state index contributed by atoms with van der Waals surface area (Å²) in [6.45, 7) is 2.33. The first-order valence-electron chi connectivity index (χ1n) is 6.41. The Hall–Kier alpha value is -1.51. The molecule has 0 aliphatic heterocycles. The molecule has 2 N–H and O–H groups in total. The van der Waals surface area contributed by atoms with Gasteiger partial charge in [0.2, 0.25) is 0 Å². The second kappa shape index (κ2) is 7.32. The number of imidazole rings is 1. The standard InChI is InChI=1S/C13H19N3O4/c1-11-2-3-13-12(8-11)14-9-15(13)10-16(19-6-4-17)20-7-5-18/h2-3,8-9,17-18H,4-7,10H2,1H3. The molecule has 0 spiro atoms. The van der Waals surface area contributed by atoms with E-state index in [0.717, 1.165) is 16.6 Å². The Kier molecular flexibility index (Phi) is 5.45. The van der Waals surface area contributed by atoms with Gasteiger partial charge in [0.15, 0.2) is 0 Å². The molecule has 2 aromatic rings. The largest absolute Gasteiger partial charge is 0.394 e. The number of nitrogens with zero attached hydrogens (tertiary/aromatic N) is 3. The number of benzene rings is 1. The molecule has 20 heavy (non-hydrogen) atoms. The molecule has 0 aliphatic carbocycles. The van der Waals surface area contributed by atoms with Crippen molar-refractivity contribution in [2.24, 2.45) is 0 Å². The summed E-state index contributed by atoms with van der Waals surface area (Å²) in [6, 6.07) is 5.99. The van der Waals surface area contributed by atoms with Crippen LogP contribution in [0.5, 0.6) is 0 Å². The number of fused-ring (bicyclic) bond motifs is 1. The molecular weight excluding hydrogens is 262 g/mol. The first-order chi connectivity index (χ1) is 9.74. The maximum Gasteiger partial charge on any atom is 0.128 e. The highest BCUT2D eigenvalue weighted by Crippen LogP contribution is 2.15. The minimum absolute atomic E-state index is 0.108. The summed E-state index contributed by atoms with van der Waals surface area (Å²) in [7, 11) is 0. The van der Waals surface area contributed by atoms with E-state index in [9.17, 15) is 0 Å². The lowest BCUT2D eigenvalue weighted by molar-refractivity contribution is -0.386. The van der Waals surface area contributed by atoms with Crippen molar-refractivity contribution >= 4 is 11.0 Å². The molecule has 1 aromatic carbocycles. The van der Waals surface area contributed by atoms with E-state index in [-0.39, 0.29) is 26.4 Å². The quantitative estimate of drug-likeness (QED) is 0.684. The van der Waals surface area contributed by atoms with Crippen LogP contribution < -0.4 is 0 Å². The van der Waals surface area contributed by atoms with Gasteiger partial charge >= 0.3 is 0 Å². The summed E-state index contributed by atoms with van der Waals surface area (Å²) >= 11 is 0. The molecule has 0 saturated carbocycles. The number of hydroxylamine groups is 2. The van der Waals surface area contributed by atoms with Crippen molar-refractivity contribution in [2.75, 3.05) is 26.4 Å². The van der Waals surface area contributed by atoms with Crippen molar-refractivity contribution in [3.63, 3.8) is 0 Å². The summed E-state index contributed by atoms with van der Waals surface area (Å²) < 4.78 is 1.86. The molecule has 1 heterocycles. The molecule has 0 amide bonds. The van der Waals surface area contributed by atoms with Crippen LogP contribution >= 0.6 is 0 Å². The predicted molar refractivity (Wildman–Crippen MR) is 72.4 cm³/mol. The van der Waals surface area contributed by atoms with Gasteiger partial charge in [-0.15, -0.1) is 0 Å². The fourth-order valence-electron chi connectivity index (χ4n) is 1.82. The van der Waals surface area contributed by atoms with E-state index in [1.54, 1.807) is 6.33 Å². The van der Waals surface area contributed by atoms with Gasteiger partial charge in [0.1, 0.15) is 6.67 Å². The van der Waals surface area contributed by atoms with Gasteiger partial charge in [0, 0.05) is 0 Å². The van der Waals surface area contributed by atoms with Crippen LogP contribution in [0.1, 0.15) is 5.56 Å². The van der Waals surface area contributed by atoms with Crippen LogP contribution in [0, 0.1) is 6.92 Å². The number of aromatic nitrogens is 2. The summed E-state index contributed by atoms with van der Waals surface area (Å²) in [6.07, 6.45) is 1.70. The molecule has 7 nitrogen and oxygen atoms in total. The lowest BCUT2D eigenvalue weighted by Crippen LogP contribution is -2.29. The summed E-state index contributed by atoms with van der Waals surface area (Å²) in [4.78, 5) is 14.8. The SMILES string of the molecule is Cc1ccc2c(c1)ncn2CN(OCCO)OCCO. The second-order valence-electron chi connectivity index (χ2n) is 4.29. The number of rotatable bonds is 8. The van der Waals surface area contributed by atoms with Gasteiger partial charge in [-0.25, -0.2) is 4.98 Å². The third-order valence-electron chi connectivity index (χ3n) is 2.70. The van der Waals surface area contributed by atoms with Gasteiger partial charge < -0.3 is 14.8 Å². The van der Waals surface area contributed by atoms with Gasteiger partial charge in [-0.05, 0) is 29.8 Å². The van der Waals surface area contributed by atoms with E-state index in [4.69, 9.17) is 19.9 Å². The number of hydrogen-bond donors (Lipinski definition) is 2. The number of aliphatic hydroxyl groups excluding tert-OH is 2. The fourth-order valence-corrected chi connectivity index (χ4v) is 1.82.